The minimum absolute atomic E-state index is 0.170. The second kappa shape index (κ2) is 9.17. The molecule has 0 spiro atoms. The summed E-state index contributed by atoms with van der Waals surface area (Å²) in [5, 5.41) is 6.10. The second-order valence-corrected chi connectivity index (χ2v) is 7.00. The molecule has 31 heavy (non-hydrogen) atoms. The van der Waals surface area contributed by atoms with E-state index >= 15 is 0 Å². The largest absolute Gasteiger partial charge is 0.340 e. The number of carbonyl (C=O) groups excluding carboxylic acids is 1. The quantitative estimate of drug-likeness (QED) is 0.417. The number of halogens is 1. The van der Waals surface area contributed by atoms with Gasteiger partial charge >= 0.3 is 0 Å². The highest BCUT2D eigenvalue weighted by Crippen LogP contribution is 2.22. The SMILES string of the molecule is CCc1ccc(NC(=O)c2ccc(Nc3cc(-c4ccc(F)cc4)ncn3)cc2)cc1. The molecule has 0 aliphatic heterocycles. The number of hydrogen-bond acceptors (Lipinski definition) is 4. The molecule has 0 saturated heterocycles. The van der Waals surface area contributed by atoms with Gasteiger partial charge in [0.25, 0.3) is 5.91 Å². The Hall–Kier alpha value is -4.06. The molecule has 0 fully saturated rings. The summed E-state index contributed by atoms with van der Waals surface area (Å²) in [5.74, 6) is 0.136. The van der Waals surface area contributed by atoms with Crippen molar-refractivity contribution in [3.8, 4) is 11.3 Å². The molecule has 1 heterocycles. The van der Waals surface area contributed by atoms with Gasteiger partial charge < -0.3 is 10.6 Å². The Morgan fingerprint density at radius 3 is 2.23 bits per heavy atom. The summed E-state index contributed by atoms with van der Waals surface area (Å²) in [6.45, 7) is 2.09. The van der Waals surface area contributed by atoms with Gasteiger partial charge in [-0.15, -0.1) is 0 Å². The van der Waals surface area contributed by atoms with Crippen LogP contribution in [0.3, 0.4) is 0 Å². The molecule has 0 aliphatic carbocycles. The molecule has 4 aromatic rings. The fraction of sp³-hybridized carbons (Fsp3) is 0.0800. The number of benzene rings is 3. The number of anilines is 3. The van der Waals surface area contributed by atoms with Crippen LogP contribution in [0.25, 0.3) is 11.3 Å². The first-order chi connectivity index (χ1) is 15.1. The van der Waals surface area contributed by atoms with Crippen LogP contribution >= 0.6 is 0 Å². The van der Waals surface area contributed by atoms with Crippen LogP contribution in [0.1, 0.15) is 22.8 Å². The summed E-state index contributed by atoms with van der Waals surface area (Å²) < 4.78 is 13.1. The Morgan fingerprint density at radius 2 is 1.55 bits per heavy atom. The van der Waals surface area contributed by atoms with Gasteiger partial charge in [0.1, 0.15) is 18.0 Å². The summed E-state index contributed by atoms with van der Waals surface area (Å²) >= 11 is 0. The van der Waals surface area contributed by atoms with Crippen LogP contribution in [-0.2, 0) is 6.42 Å². The Morgan fingerprint density at radius 1 is 0.871 bits per heavy atom. The third-order valence-corrected chi connectivity index (χ3v) is 4.85. The molecular weight excluding hydrogens is 391 g/mol. The zero-order valence-corrected chi connectivity index (χ0v) is 17.0. The van der Waals surface area contributed by atoms with E-state index in [9.17, 15) is 9.18 Å². The van der Waals surface area contributed by atoms with E-state index in [0.717, 1.165) is 23.4 Å². The average Bonchev–Trinajstić information content (AvgIpc) is 2.81. The van der Waals surface area contributed by atoms with Gasteiger partial charge in [0.05, 0.1) is 5.69 Å². The van der Waals surface area contributed by atoms with Crippen LogP contribution in [0.2, 0.25) is 0 Å². The Balaban J connectivity index is 1.43. The zero-order chi connectivity index (χ0) is 21.6. The molecule has 3 aromatic carbocycles. The van der Waals surface area contributed by atoms with Crippen molar-refractivity contribution in [2.75, 3.05) is 10.6 Å². The Bertz CT molecular complexity index is 1170. The van der Waals surface area contributed by atoms with Crippen molar-refractivity contribution in [1.29, 1.82) is 0 Å². The number of aryl methyl sites for hydroxylation is 1. The first-order valence-corrected chi connectivity index (χ1v) is 9.96. The molecule has 0 unspecified atom stereocenters. The number of nitrogens with one attached hydrogen (secondary N) is 2. The van der Waals surface area contributed by atoms with Crippen LogP contribution in [0, 0.1) is 5.82 Å². The number of hydrogen-bond donors (Lipinski definition) is 2. The first-order valence-electron chi connectivity index (χ1n) is 9.96. The molecule has 5 nitrogen and oxygen atoms in total. The molecule has 1 aromatic heterocycles. The van der Waals surface area contributed by atoms with Gasteiger partial charge in [-0.25, -0.2) is 14.4 Å². The lowest BCUT2D eigenvalue weighted by molar-refractivity contribution is 0.102. The van der Waals surface area contributed by atoms with E-state index in [4.69, 9.17) is 0 Å². The highest BCUT2D eigenvalue weighted by atomic mass is 19.1. The highest BCUT2D eigenvalue weighted by Gasteiger charge is 2.07. The van der Waals surface area contributed by atoms with Crippen LogP contribution in [0.15, 0.2) is 85.2 Å². The normalized spacial score (nSPS) is 10.5. The predicted molar refractivity (Wildman–Crippen MR) is 121 cm³/mol. The van der Waals surface area contributed by atoms with Crippen LogP contribution < -0.4 is 10.6 Å². The minimum atomic E-state index is -0.293. The van der Waals surface area contributed by atoms with E-state index in [1.54, 1.807) is 30.3 Å². The van der Waals surface area contributed by atoms with Gasteiger partial charge in [0.2, 0.25) is 0 Å². The summed E-state index contributed by atoms with van der Waals surface area (Å²) in [5.41, 5.74) is 4.81. The summed E-state index contributed by atoms with van der Waals surface area (Å²) in [4.78, 5) is 21.0. The Kier molecular flexibility index (Phi) is 5.98. The van der Waals surface area contributed by atoms with Crippen molar-refractivity contribution >= 4 is 23.1 Å². The molecule has 4 rings (SSSR count). The van der Waals surface area contributed by atoms with Gasteiger partial charge in [0, 0.05) is 28.6 Å². The van der Waals surface area contributed by atoms with Crippen molar-refractivity contribution < 1.29 is 9.18 Å². The molecule has 2 N–H and O–H groups in total. The second-order valence-electron chi connectivity index (χ2n) is 7.00. The Labute approximate surface area is 180 Å². The average molecular weight is 412 g/mol. The van der Waals surface area contributed by atoms with E-state index < -0.39 is 0 Å². The van der Waals surface area contributed by atoms with E-state index in [0.29, 0.717) is 17.1 Å². The lowest BCUT2D eigenvalue weighted by Gasteiger charge is -2.09. The van der Waals surface area contributed by atoms with Crippen molar-refractivity contribution in [3.63, 3.8) is 0 Å². The molecule has 6 heteroatoms. The molecule has 0 bridgehead atoms. The molecular formula is C25H21FN4O. The predicted octanol–water partition coefficient (Wildman–Crippen LogP) is 5.84. The number of rotatable bonds is 6. The number of aromatic nitrogens is 2. The van der Waals surface area contributed by atoms with Gasteiger partial charge in [-0.05, 0) is 72.6 Å². The third-order valence-electron chi connectivity index (χ3n) is 4.85. The molecule has 1 amide bonds. The molecule has 0 saturated carbocycles. The number of amides is 1. The van der Waals surface area contributed by atoms with Crippen LogP contribution in [0.4, 0.5) is 21.6 Å². The maximum Gasteiger partial charge on any atom is 0.255 e. The maximum atomic E-state index is 13.1. The van der Waals surface area contributed by atoms with Crippen LogP contribution in [-0.4, -0.2) is 15.9 Å². The van der Waals surface area contributed by atoms with Gasteiger partial charge in [-0.2, -0.15) is 0 Å². The van der Waals surface area contributed by atoms with Gasteiger partial charge in [-0.1, -0.05) is 19.1 Å². The molecule has 154 valence electrons. The maximum absolute atomic E-state index is 13.1. The van der Waals surface area contributed by atoms with E-state index in [1.807, 2.05) is 36.4 Å². The lowest BCUT2D eigenvalue weighted by atomic mass is 10.1. The molecule has 0 radical (unpaired) electrons. The zero-order valence-electron chi connectivity index (χ0n) is 17.0. The smallest absolute Gasteiger partial charge is 0.255 e. The van der Waals surface area contributed by atoms with Crippen molar-refractivity contribution in [1.82, 2.24) is 9.97 Å². The van der Waals surface area contributed by atoms with E-state index in [2.05, 4.69) is 27.5 Å². The summed E-state index contributed by atoms with van der Waals surface area (Å²) in [6, 6.07) is 22.9. The number of carbonyl (C=O) groups is 1. The van der Waals surface area contributed by atoms with Crippen molar-refractivity contribution in [2.24, 2.45) is 0 Å². The van der Waals surface area contributed by atoms with E-state index in [1.165, 1.54) is 24.0 Å². The highest BCUT2D eigenvalue weighted by molar-refractivity contribution is 6.04. The summed E-state index contributed by atoms with van der Waals surface area (Å²) in [6.07, 6.45) is 2.41. The molecule has 0 aliphatic rings. The van der Waals surface area contributed by atoms with E-state index in [-0.39, 0.29) is 11.7 Å². The monoisotopic (exact) mass is 412 g/mol. The minimum Gasteiger partial charge on any atom is -0.340 e. The van der Waals surface area contributed by atoms with Crippen molar-refractivity contribution in [2.45, 2.75) is 13.3 Å². The van der Waals surface area contributed by atoms with Gasteiger partial charge in [-0.3, -0.25) is 4.79 Å². The fourth-order valence-electron chi connectivity index (χ4n) is 3.08. The molecule has 0 atom stereocenters. The standard InChI is InChI=1S/C25H21FN4O/c1-2-17-3-11-22(12-4-17)30-25(31)19-7-13-21(14-8-19)29-24-15-23(27-16-28-24)18-5-9-20(26)10-6-18/h3-16H,2H2,1H3,(H,30,31)(H,27,28,29). The van der Waals surface area contributed by atoms with Gasteiger partial charge in [0.15, 0.2) is 0 Å². The number of nitrogens with zero attached hydrogens (tertiary/aromatic N) is 2. The lowest BCUT2D eigenvalue weighted by Crippen LogP contribution is -2.11. The van der Waals surface area contributed by atoms with Crippen molar-refractivity contribution in [3.05, 3.63) is 102 Å². The van der Waals surface area contributed by atoms with Crippen LogP contribution in [0.5, 0.6) is 0 Å². The first kappa shape index (κ1) is 20.2. The third kappa shape index (κ3) is 5.11. The summed E-state index contributed by atoms with van der Waals surface area (Å²) in [7, 11) is 0. The fourth-order valence-corrected chi connectivity index (χ4v) is 3.08. The topological polar surface area (TPSA) is 66.9 Å².